The Labute approximate surface area is 149 Å². The third-order valence-electron chi connectivity index (χ3n) is 4.89. The molecule has 2 atom stereocenters. The predicted octanol–water partition coefficient (Wildman–Crippen LogP) is 3.99. The summed E-state index contributed by atoms with van der Waals surface area (Å²) in [6.07, 6.45) is 5.70. The highest BCUT2D eigenvalue weighted by atomic mass is 32.2. The highest BCUT2D eigenvalue weighted by Gasteiger charge is 2.37. The topological polar surface area (TPSA) is 56.2 Å². The van der Waals surface area contributed by atoms with Crippen LogP contribution in [0, 0.1) is 5.41 Å². The lowest BCUT2D eigenvalue weighted by Crippen LogP contribution is -2.60. The number of rotatable bonds is 5. The zero-order chi connectivity index (χ0) is 17.9. The fourth-order valence-corrected chi connectivity index (χ4v) is 3.45. The number of carbonyl (C=O) groups excluding carboxylic acids is 1. The van der Waals surface area contributed by atoms with Gasteiger partial charge in [-0.1, -0.05) is 30.7 Å². The summed E-state index contributed by atoms with van der Waals surface area (Å²) in [5.74, 6) is 0.449. The first-order chi connectivity index (χ1) is 11.3. The minimum absolute atomic E-state index is 0.0218. The number of amides is 1. The lowest BCUT2D eigenvalue weighted by molar-refractivity contribution is -0.128. The van der Waals surface area contributed by atoms with Crippen molar-refractivity contribution in [2.45, 2.75) is 50.0 Å². The van der Waals surface area contributed by atoms with E-state index >= 15 is 0 Å². The van der Waals surface area contributed by atoms with E-state index in [0.29, 0.717) is 12.3 Å². The van der Waals surface area contributed by atoms with Gasteiger partial charge in [-0.05, 0) is 44.2 Å². The van der Waals surface area contributed by atoms with Crippen molar-refractivity contribution < 1.29 is 4.79 Å². The Morgan fingerprint density at radius 3 is 2.83 bits per heavy atom. The first-order valence-electron chi connectivity index (χ1n) is 8.27. The van der Waals surface area contributed by atoms with Crippen molar-refractivity contribution in [3.8, 4) is 0 Å². The number of guanidine groups is 1. The average Bonchev–Trinajstić information content (AvgIpc) is 2.57. The molecule has 24 heavy (non-hydrogen) atoms. The van der Waals surface area contributed by atoms with Gasteiger partial charge in [-0.2, -0.15) is 0 Å². The Morgan fingerprint density at radius 1 is 1.54 bits per heavy atom. The smallest absolute Gasteiger partial charge is 0.231 e. The first kappa shape index (κ1) is 18.6. The van der Waals surface area contributed by atoms with Crippen LogP contribution in [0.1, 0.15) is 45.1 Å². The lowest BCUT2D eigenvalue weighted by atomic mass is 9.83. The number of nitrogens with zero attached hydrogens (tertiary/aromatic N) is 1. The van der Waals surface area contributed by atoms with Crippen LogP contribution in [-0.4, -0.2) is 35.6 Å². The van der Waals surface area contributed by atoms with E-state index in [-0.39, 0.29) is 11.9 Å². The molecule has 0 saturated carbocycles. The number of hydrogen-bond acceptors (Lipinski definition) is 3. The van der Waals surface area contributed by atoms with Crippen LogP contribution in [-0.2, 0) is 4.79 Å². The van der Waals surface area contributed by atoms with Crippen molar-refractivity contribution in [2.24, 2.45) is 0 Å². The van der Waals surface area contributed by atoms with Gasteiger partial charge < -0.3 is 5.32 Å². The van der Waals surface area contributed by atoms with Crippen LogP contribution in [0.2, 0.25) is 0 Å². The molecule has 5 heteroatoms. The Kier molecular flexibility index (Phi) is 5.75. The number of thioether (sulfide) groups is 1. The standard InChI is InChI=1S/C19H27N3OS/c1-6-14(15-8-7-9-16(11-15)24-5)10-13(2)19(3)12-17(23)22(4)18(20)21-19/h7-11,14H,6,12H2,1-5H3,(H2,20,21)/b13-10+/t14?,19-/m0/s1. The Morgan fingerprint density at radius 2 is 2.25 bits per heavy atom. The molecular weight excluding hydrogens is 318 g/mol. The normalized spacial score (nSPS) is 23.2. The molecule has 2 rings (SSSR count). The number of nitrogens with one attached hydrogen (secondary N) is 2. The molecule has 1 aliphatic heterocycles. The Hall–Kier alpha value is -1.75. The fraction of sp³-hybridized carbons (Fsp3) is 0.474. The van der Waals surface area contributed by atoms with E-state index < -0.39 is 5.54 Å². The molecule has 1 fully saturated rings. The van der Waals surface area contributed by atoms with Gasteiger partial charge in [0, 0.05) is 17.9 Å². The zero-order valence-electron chi connectivity index (χ0n) is 15.1. The van der Waals surface area contributed by atoms with Crippen LogP contribution in [0.15, 0.2) is 40.8 Å². The largest absolute Gasteiger partial charge is 0.347 e. The molecule has 1 aromatic rings. The minimum Gasteiger partial charge on any atom is -0.347 e. The Balaban J connectivity index is 2.29. The highest BCUT2D eigenvalue weighted by molar-refractivity contribution is 7.98. The van der Waals surface area contributed by atoms with Gasteiger partial charge in [-0.15, -0.1) is 11.8 Å². The summed E-state index contributed by atoms with van der Waals surface area (Å²) in [7, 11) is 1.64. The average molecular weight is 346 g/mol. The molecule has 0 aromatic heterocycles. The van der Waals surface area contributed by atoms with Crippen LogP contribution >= 0.6 is 11.8 Å². The van der Waals surface area contributed by atoms with Gasteiger partial charge in [-0.3, -0.25) is 15.1 Å². The summed E-state index contributed by atoms with van der Waals surface area (Å²) in [5, 5.41) is 11.2. The van der Waals surface area contributed by atoms with Gasteiger partial charge in [-0.25, -0.2) is 0 Å². The second-order valence-electron chi connectivity index (χ2n) is 6.58. The van der Waals surface area contributed by atoms with Gasteiger partial charge in [0.1, 0.15) is 0 Å². The van der Waals surface area contributed by atoms with E-state index in [1.54, 1.807) is 18.8 Å². The molecule has 130 valence electrons. The highest BCUT2D eigenvalue weighted by Crippen LogP contribution is 2.31. The number of carbonyl (C=O) groups is 1. The molecule has 1 unspecified atom stereocenters. The van der Waals surface area contributed by atoms with Crippen molar-refractivity contribution in [1.82, 2.24) is 10.2 Å². The molecule has 1 heterocycles. The van der Waals surface area contributed by atoms with E-state index in [9.17, 15) is 4.79 Å². The van der Waals surface area contributed by atoms with Crippen LogP contribution in [0.4, 0.5) is 0 Å². The summed E-state index contributed by atoms with van der Waals surface area (Å²) in [4.78, 5) is 14.8. The fourth-order valence-electron chi connectivity index (χ4n) is 2.98. The lowest BCUT2D eigenvalue weighted by Gasteiger charge is -2.40. The van der Waals surface area contributed by atoms with Gasteiger partial charge in [0.25, 0.3) is 0 Å². The molecule has 0 aliphatic carbocycles. The number of allylic oxidation sites excluding steroid dienone is 1. The second kappa shape index (κ2) is 7.43. The maximum absolute atomic E-state index is 12.1. The van der Waals surface area contributed by atoms with Crippen molar-refractivity contribution >= 4 is 23.6 Å². The van der Waals surface area contributed by atoms with Crippen LogP contribution in [0.5, 0.6) is 0 Å². The zero-order valence-corrected chi connectivity index (χ0v) is 16.0. The van der Waals surface area contributed by atoms with Gasteiger partial charge >= 0.3 is 0 Å². The molecule has 1 amide bonds. The molecule has 0 bridgehead atoms. The SMILES string of the molecule is CCC(/C=C(\C)[C@]1(C)CC(=O)N(C)C(=N)N1)c1cccc(SC)c1. The van der Waals surface area contributed by atoms with Crippen molar-refractivity contribution in [2.75, 3.05) is 13.3 Å². The van der Waals surface area contributed by atoms with E-state index in [1.807, 2.05) is 6.92 Å². The first-order valence-corrected chi connectivity index (χ1v) is 9.49. The van der Waals surface area contributed by atoms with E-state index in [2.05, 4.69) is 55.8 Å². The number of benzene rings is 1. The molecule has 1 aromatic carbocycles. The second-order valence-corrected chi connectivity index (χ2v) is 7.46. The van der Waals surface area contributed by atoms with Crippen molar-refractivity contribution in [1.29, 1.82) is 5.41 Å². The predicted molar refractivity (Wildman–Crippen MR) is 102 cm³/mol. The summed E-state index contributed by atoms with van der Waals surface area (Å²) in [6.45, 7) is 6.24. The molecule has 1 saturated heterocycles. The maximum Gasteiger partial charge on any atom is 0.231 e. The van der Waals surface area contributed by atoms with Crippen LogP contribution < -0.4 is 5.32 Å². The maximum atomic E-state index is 12.1. The molecule has 0 radical (unpaired) electrons. The van der Waals surface area contributed by atoms with Crippen LogP contribution in [0.3, 0.4) is 0 Å². The van der Waals surface area contributed by atoms with E-state index in [0.717, 1.165) is 12.0 Å². The van der Waals surface area contributed by atoms with Crippen molar-refractivity contribution in [3.05, 3.63) is 41.5 Å². The van der Waals surface area contributed by atoms with Crippen LogP contribution in [0.25, 0.3) is 0 Å². The summed E-state index contributed by atoms with van der Waals surface area (Å²) < 4.78 is 0. The number of hydrogen-bond donors (Lipinski definition) is 2. The van der Waals surface area contributed by atoms with Gasteiger partial charge in [0.15, 0.2) is 5.96 Å². The summed E-state index contributed by atoms with van der Waals surface area (Å²) >= 11 is 1.75. The molecule has 1 aliphatic rings. The summed E-state index contributed by atoms with van der Waals surface area (Å²) in [5.41, 5.74) is 1.90. The third kappa shape index (κ3) is 3.83. The van der Waals surface area contributed by atoms with E-state index in [1.165, 1.54) is 15.4 Å². The monoisotopic (exact) mass is 345 g/mol. The third-order valence-corrected chi connectivity index (χ3v) is 5.62. The molecular formula is C19H27N3OS. The quantitative estimate of drug-likeness (QED) is 0.626. The van der Waals surface area contributed by atoms with Gasteiger partial charge in [0.05, 0.1) is 12.0 Å². The van der Waals surface area contributed by atoms with E-state index in [4.69, 9.17) is 5.41 Å². The molecule has 0 spiro atoms. The Bertz CT molecular complexity index is 650. The molecule has 2 N–H and O–H groups in total. The summed E-state index contributed by atoms with van der Waals surface area (Å²) in [6, 6.07) is 8.62. The molecule has 4 nitrogen and oxygen atoms in total. The minimum atomic E-state index is -0.495. The van der Waals surface area contributed by atoms with Gasteiger partial charge in [0.2, 0.25) is 5.91 Å². The van der Waals surface area contributed by atoms with Crippen molar-refractivity contribution in [3.63, 3.8) is 0 Å².